The van der Waals surface area contributed by atoms with Crippen LogP contribution in [-0.4, -0.2) is 40.5 Å². The molecule has 0 saturated heterocycles. The molecular formula is C19H25ClN4. The Morgan fingerprint density at radius 1 is 1.21 bits per heavy atom. The Kier molecular flexibility index (Phi) is 5.27. The average Bonchev–Trinajstić information content (AvgIpc) is 2.95. The van der Waals surface area contributed by atoms with Crippen molar-refractivity contribution in [3.63, 3.8) is 0 Å². The molecule has 0 bridgehead atoms. The van der Waals surface area contributed by atoms with Crippen molar-refractivity contribution in [2.24, 2.45) is 0 Å². The molecule has 1 aromatic carbocycles. The first-order chi connectivity index (χ1) is 11.6. The third kappa shape index (κ3) is 3.50. The van der Waals surface area contributed by atoms with Crippen LogP contribution >= 0.6 is 11.6 Å². The van der Waals surface area contributed by atoms with Crippen LogP contribution < -0.4 is 5.32 Å². The van der Waals surface area contributed by atoms with E-state index in [4.69, 9.17) is 11.6 Å². The average molecular weight is 345 g/mol. The van der Waals surface area contributed by atoms with Gasteiger partial charge < -0.3 is 15.2 Å². The fraction of sp³-hybridized carbons (Fsp3) is 0.421. The molecule has 0 radical (unpaired) electrons. The molecule has 0 amide bonds. The highest BCUT2D eigenvalue weighted by molar-refractivity contribution is 6.31. The van der Waals surface area contributed by atoms with E-state index in [0.717, 1.165) is 58.7 Å². The molecule has 0 fully saturated rings. The molecular weight excluding hydrogens is 320 g/mol. The largest absolute Gasteiger partial charge is 0.366 e. The molecule has 1 atom stereocenters. The molecule has 2 heterocycles. The van der Waals surface area contributed by atoms with Gasteiger partial charge in [-0.3, -0.25) is 0 Å². The van der Waals surface area contributed by atoms with E-state index in [1.807, 2.05) is 30.5 Å². The third-order valence-corrected chi connectivity index (χ3v) is 4.87. The van der Waals surface area contributed by atoms with Gasteiger partial charge in [-0.15, -0.1) is 0 Å². The minimum Gasteiger partial charge on any atom is -0.366 e. The normalized spacial score (nSPS) is 13.0. The zero-order valence-electron chi connectivity index (χ0n) is 14.6. The van der Waals surface area contributed by atoms with E-state index < -0.39 is 0 Å². The predicted molar refractivity (Wildman–Crippen MR) is 104 cm³/mol. The van der Waals surface area contributed by atoms with Crippen LogP contribution in [0.4, 0.5) is 5.82 Å². The molecule has 0 aliphatic rings. The zero-order chi connectivity index (χ0) is 17.1. The van der Waals surface area contributed by atoms with Crippen molar-refractivity contribution in [1.82, 2.24) is 14.9 Å². The van der Waals surface area contributed by atoms with E-state index >= 15 is 0 Å². The molecule has 5 heteroatoms. The monoisotopic (exact) mass is 344 g/mol. The van der Waals surface area contributed by atoms with Crippen molar-refractivity contribution >= 4 is 39.2 Å². The van der Waals surface area contributed by atoms with Crippen molar-refractivity contribution in [3.8, 4) is 0 Å². The summed E-state index contributed by atoms with van der Waals surface area (Å²) < 4.78 is 0. The van der Waals surface area contributed by atoms with Crippen LogP contribution in [0.2, 0.25) is 5.02 Å². The summed E-state index contributed by atoms with van der Waals surface area (Å²) in [6.45, 7) is 9.92. The van der Waals surface area contributed by atoms with Crippen LogP contribution in [0, 0.1) is 0 Å². The quantitative estimate of drug-likeness (QED) is 0.640. The first kappa shape index (κ1) is 17.1. The van der Waals surface area contributed by atoms with E-state index in [1.54, 1.807) is 0 Å². The van der Waals surface area contributed by atoms with Crippen molar-refractivity contribution in [3.05, 3.63) is 35.5 Å². The molecule has 2 aromatic heterocycles. The van der Waals surface area contributed by atoms with Gasteiger partial charge in [-0.05, 0) is 50.7 Å². The topological polar surface area (TPSA) is 44.0 Å². The first-order valence-electron chi connectivity index (χ1n) is 8.67. The van der Waals surface area contributed by atoms with E-state index in [1.165, 1.54) is 0 Å². The Bertz CT molecular complexity index is 823. The Morgan fingerprint density at radius 3 is 2.75 bits per heavy atom. The standard InChI is InChI=1S/C19H25ClN4/c1-4-24(5-2)11-9-13(3)22-19-18-15(8-10-21-19)16-12-14(20)6-7-17(16)23-18/h6-8,10,12-13,23H,4-5,9,11H2,1-3H3,(H,21,22). The number of aromatic nitrogens is 2. The second-order valence-corrected chi connectivity index (χ2v) is 6.69. The van der Waals surface area contributed by atoms with Crippen molar-refractivity contribution in [2.45, 2.75) is 33.2 Å². The van der Waals surface area contributed by atoms with Crippen LogP contribution in [0.1, 0.15) is 27.2 Å². The molecule has 1 unspecified atom stereocenters. The van der Waals surface area contributed by atoms with Gasteiger partial charge in [-0.1, -0.05) is 25.4 Å². The van der Waals surface area contributed by atoms with Gasteiger partial charge in [0.2, 0.25) is 0 Å². The summed E-state index contributed by atoms with van der Waals surface area (Å²) in [6.07, 6.45) is 2.95. The van der Waals surface area contributed by atoms with Gasteiger partial charge >= 0.3 is 0 Å². The maximum Gasteiger partial charge on any atom is 0.150 e. The Labute approximate surface area is 148 Å². The summed E-state index contributed by atoms with van der Waals surface area (Å²) in [5.74, 6) is 0.909. The fourth-order valence-electron chi connectivity index (χ4n) is 3.13. The highest BCUT2D eigenvalue weighted by atomic mass is 35.5. The third-order valence-electron chi connectivity index (χ3n) is 4.64. The number of nitrogens with zero attached hydrogens (tertiary/aromatic N) is 2. The van der Waals surface area contributed by atoms with Crippen LogP contribution in [0.3, 0.4) is 0 Å². The number of H-pyrrole nitrogens is 1. The van der Waals surface area contributed by atoms with Gasteiger partial charge in [0, 0.05) is 40.1 Å². The number of nitrogens with one attached hydrogen (secondary N) is 2. The van der Waals surface area contributed by atoms with Crippen molar-refractivity contribution < 1.29 is 0 Å². The number of hydrogen-bond donors (Lipinski definition) is 2. The smallest absolute Gasteiger partial charge is 0.150 e. The molecule has 0 spiro atoms. The maximum absolute atomic E-state index is 6.15. The number of benzene rings is 1. The van der Waals surface area contributed by atoms with Crippen LogP contribution in [0.25, 0.3) is 21.8 Å². The second kappa shape index (κ2) is 7.41. The van der Waals surface area contributed by atoms with E-state index in [9.17, 15) is 0 Å². The van der Waals surface area contributed by atoms with Gasteiger partial charge in [0.1, 0.15) is 0 Å². The molecule has 3 rings (SSSR count). The molecule has 24 heavy (non-hydrogen) atoms. The first-order valence-corrected chi connectivity index (χ1v) is 9.05. The molecule has 4 nitrogen and oxygen atoms in total. The summed E-state index contributed by atoms with van der Waals surface area (Å²) in [7, 11) is 0. The lowest BCUT2D eigenvalue weighted by Crippen LogP contribution is -2.28. The number of halogens is 1. The lowest BCUT2D eigenvalue weighted by molar-refractivity contribution is 0.295. The maximum atomic E-state index is 6.15. The van der Waals surface area contributed by atoms with E-state index in [-0.39, 0.29) is 0 Å². The van der Waals surface area contributed by atoms with Crippen molar-refractivity contribution in [1.29, 1.82) is 0 Å². The molecule has 3 aromatic rings. The van der Waals surface area contributed by atoms with Gasteiger partial charge in [0.25, 0.3) is 0 Å². The number of hydrogen-bond acceptors (Lipinski definition) is 3. The summed E-state index contributed by atoms with van der Waals surface area (Å²) in [6, 6.07) is 8.33. The highest BCUT2D eigenvalue weighted by Crippen LogP contribution is 2.31. The Hall–Kier alpha value is -1.78. The number of aromatic amines is 1. The number of fused-ring (bicyclic) bond motifs is 3. The number of pyridine rings is 1. The number of anilines is 1. The molecule has 128 valence electrons. The Balaban J connectivity index is 1.83. The molecule has 0 aliphatic carbocycles. The van der Waals surface area contributed by atoms with Crippen LogP contribution in [-0.2, 0) is 0 Å². The lowest BCUT2D eigenvalue weighted by Gasteiger charge is -2.21. The highest BCUT2D eigenvalue weighted by Gasteiger charge is 2.12. The minimum atomic E-state index is 0.360. The molecule has 0 aliphatic heterocycles. The lowest BCUT2D eigenvalue weighted by atomic mass is 10.2. The van der Waals surface area contributed by atoms with Crippen LogP contribution in [0.5, 0.6) is 0 Å². The molecule has 2 N–H and O–H groups in total. The minimum absolute atomic E-state index is 0.360. The van der Waals surface area contributed by atoms with E-state index in [0.29, 0.717) is 6.04 Å². The summed E-state index contributed by atoms with van der Waals surface area (Å²) in [5.41, 5.74) is 2.13. The fourth-order valence-corrected chi connectivity index (χ4v) is 3.30. The van der Waals surface area contributed by atoms with Gasteiger partial charge in [-0.2, -0.15) is 0 Å². The predicted octanol–water partition coefficient (Wildman–Crippen LogP) is 4.90. The summed E-state index contributed by atoms with van der Waals surface area (Å²) in [4.78, 5) is 10.5. The SMILES string of the molecule is CCN(CC)CCC(C)Nc1nccc2c1[nH]c1ccc(Cl)cc12. The van der Waals surface area contributed by atoms with Gasteiger partial charge in [0.15, 0.2) is 5.82 Å². The van der Waals surface area contributed by atoms with Gasteiger partial charge in [0.05, 0.1) is 5.52 Å². The summed E-state index contributed by atoms with van der Waals surface area (Å²) >= 11 is 6.15. The molecule has 0 saturated carbocycles. The Morgan fingerprint density at radius 2 is 2.00 bits per heavy atom. The van der Waals surface area contributed by atoms with Crippen molar-refractivity contribution in [2.75, 3.05) is 25.0 Å². The van der Waals surface area contributed by atoms with Crippen LogP contribution in [0.15, 0.2) is 30.5 Å². The van der Waals surface area contributed by atoms with E-state index in [2.05, 4.69) is 41.0 Å². The second-order valence-electron chi connectivity index (χ2n) is 6.26. The zero-order valence-corrected chi connectivity index (χ0v) is 15.3. The number of rotatable bonds is 7. The summed E-state index contributed by atoms with van der Waals surface area (Å²) in [5, 5.41) is 6.61. The van der Waals surface area contributed by atoms with Gasteiger partial charge in [-0.25, -0.2) is 4.98 Å².